The first-order valence-electron chi connectivity index (χ1n) is 9.15. The Labute approximate surface area is 162 Å². The molecule has 0 radical (unpaired) electrons. The van der Waals surface area contributed by atoms with Crippen LogP contribution < -0.4 is 19.7 Å². The fraction of sp³-hybridized carbons (Fsp3) is 0.368. The van der Waals surface area contributed by atoms with Crippen LogP contribution in [0, 0.1) is 0 Å². The molecule has 9 nitrogen and oxygen atoms in total. The molecule has 0 atom stereocenters. The van der Waals surface area contributed by atoms with E-state index in [4.69, 9.17) is 9.47 Å². The van der Waals surface area contributed by atoms with E-state index in [2.05, 4.69) is 20.4 Å². The minimum absolute atomic E-state index is 0.0805. The Balaban J connectivity index is 1.38. The Morgan fingerprint density at radius 2 is 1.71 bits per heavy atom. The highest BCUT2D eigenvalue weighted by molar-refractivity contribution is 6.03. The molecule has 3 heterocycles. The van der Waals surface area contributed by atoms with Crippen LogP contribution in [0.25, 0.3) is 0 Å². The van der Waals surface area contributed by atoms with Gasteiger partial charge >= 0.3 is 0 Å². The fourth-order valence-corrected chi connectivity index (χ4v) is 3.18. The van der Waals surface area contributed by atoms with Crippen molar-refractivity contribution in [1.29, 1.82) is 0 Å². The molecule has 1 N–H and O–H groups in total. The van der Waals surface area contributed by atoms with E-state index in [9.17, 15) is 9.59 Å². The molecule has 4 rings (SSSR count). The average molecular weight is 383 g/mol. The van der Waals surface area contributed by atoms with E-state index in [-0.39, 0.29) is 17.5 Å². The fourth-order valence-electron chi connectivity index (χ4n) is 3.18. The SMILES string of the molecule is CC(=O)N1CCN(c2ccc(C(=O)Nc3ccc4c(c3)OCCO4)nn2)CC1. The number of anilines is 2. The number of ether oxygens (including phenoxy) is 2. The van der Waals surface area contributed by atoms with Crippen molar-refractivity contribution in [2.45, 2.75) is 6.92 Å². The Kier molecular flexibility index (Phi) is 4.96. The van der Waals surface area contributed by atoms with Gasteiger partial charge in [-0.1, -0.05) is 0 Å². The highest BCUT2D eigenvalue weighted by Crippen LogP contribution is 2.32. The van der Waals surface area contributed by atoms with Crippen LogP contribution in [0.15, 0.2) is 30.3 Å². The number of hydrogen-bond acceptors (Lipinski definition) is 7. The number of carbonyl (C=O) groups excluding carboxylic acids is 2. The van der Waals surface area contributed by atoms with Gasteiger partial charge < -0.3 is 24.6 Å². The van der Waals surface area contributed by atoms with Crippen LogP contribution in [0.3, 0.4) is 0 Å². The van der Waals surface area contributed by atoms with Gasteiger partial charge in [0.2, 0.25) is 5.91 Å². The molecule has 2 aliphatic rings. The minimum atomic E-state index is -0.350. The van der Waals surface area contributed by atoms with Crippen LogP contribution in [-0.2, 0) is 4.79 Å². The van der Waals surface area contributed by atoms with E-state index in [0.29, 0.717) is 62.4 Å². The average Bonchev–Trinajstić information content (AvgIpc) is 2.74. The smallest absolute Gasteiger partial charge is 0.276 e. The summed E-state index contributed by atoms with van der Waals surface area (Å²) in [6.45, 7) is 5.27. The van der Waals surface area contributed by atoms with E-state index in [1.54, 1.807) is 42.2 Å². The monoisotopic (exact) mass is 383 g/mol. The molecule has 2 aromatic rings. The second kappa shape index (κ2) is 7.71. The number of benzene rings is 1. The molecule has 1 aromatic heterocycles. The highest BCUT2D eigenvalue weighted by atomic mass is 16.6. The third kappa shape index (κ3) is 3.83. The lowest BCUT2D eigenvalue weighted by Gasteiger charge is -2.34. The summed E-state index contributed by atoms with van der Waals surface area (Å²) in [6.07, 6.45) is 0. The summed E-state index contributed by atoms with van der Waals surface area (Å²) in [7, 11) is 0. The van der Waals surface area contributed by atoms with Gasteiger partial charge in [-0.2, -0.15) is 0 Å². The Morgan fingerprint density at radius 3 is 2.39 bits per heavy atom. The molecular weight excluding hydrogens is 362 g/mol. The van der Waals surface area contributed by atoms with Gasteiger partial charge in [0.15, 0.2) is 23.0 Å². The molecular formula is C19H21N5O4. The van der Waals surface area contributed by atoms with Crippen LogP contribution in [0.5, 0.6) is 11.5 Å². The standard InChI is InChI=1S/C19H21N5O4/c1-13(25)23-6-8-24(9-7-23)18-5-3-15(21-22-18)19(26)20-14-2-4-16-17(12-14)28-11-10-27-16/h2-5,12H,6-11H2,1H3,(H,20,26). The molecule has 0 unspecified atom stereocenters. The number of carbonyl (C=O) groups is 2. The lowest BCUT2D eigenvalue weighted by molar-refractivity contribution is -0.129. The number of rotatable bonds is 3. The third-order valence-electron chi connectivity index (χ3n) is 4.73. The molecule has 2 aliphatic heterocycles. The predicted molar refractivity (Wildman–Crippen MR) is 102 cm³/mol. The van der Waals surface area contributed by atoms with Crippen molar-refractivity contribution in [3.63, 3.8) is 0 Å². The molecule has 1 aromatic carbocycles. The van der Waals surface area contributed by atoms with E-state index in [1.807, 2.05) is 0 Å². The minimum Gasteiger partial charge on any atom is -0.486 e. The van der Waals surface area contributed by atoms with Crippen molar-refractivity contribution in [3.8, 4) is 11.5 Å². The molecule has 0 spiro atoms. The number of nitrogens with zero attached hydrogens (tertiary/aromatic N) is 4. The maximum atomic E-state index is 12.4. The second-order valence-corrected chi connectivity index (χ2v) is 6.58. The summed E-state index contributed by atoms with van der Waals surface area (Å²) in [5.74, 6) is 1.70. The number of fused-ring (bicyclic) bond motifs is 1. The van der Waals surface area contributed by atoms with Crippen molar-refractivity contribution in [2.75, 3.05) is 49.6 Å². The van der Waals surface area contributed by atoms with Gasteiger partial charge in [0.25, 0.3) is 5.91 Å². The third-order valence-corrected chi connectivity index (χ3v) is 4.73. The maximum Gasteiger partial charge on any atom is 0.276 e. The molecule has 2 amide bonds. The summed E-state index contributed by atoms with van der Waals surface area (Å²) in [5, 5.41) is 11.0. The van der Waals surface area contributed by atoms with Crippen molar-refractivity contribution >= 4 is 23.3 Å². The van der Waals surface area contributed by atoms with E-state index >= 15 is 0 Å². The zero-order valence-corrected chi connectivity index (χ0v) is 15.6. The second-order valence-electron chi connectivity index (χ2n) is 6.58. The van der Waals surface area contributed by atoms with Gasteiger partial charge in [0.05, 0.1) is 0 Å². The molecule has 146 valence electrons. The first-order chi connectivity index (χ1) is 13.6. The van der Waals surface area contributed by atoms with Crippen LogP contribution in [0.1, 0.15) is 17.4 Å². The van der Waals surface area contributed by atoms with Crippen LogP contribution in [-0.4, -0.2) is 66.3 Å². The van der Waals surface area contributed by atoms with Gasteiger partial charge in [0.1, 0.15) is 13.2 Å². The Hall–Kier alpha value is -3.36. The summed E-state index contributed by atoms with van der Waals surface area (Å²) < 4.78 is 11.0. The van der Waals surface area contributed by atoms with E-state index < -0.39 is 0 Å². The first kappa shape index (κ1) is 18.0. The lowest BCUT2D eigenvalue weighted by Crippen LogP contribution is -2.48. The predicted octanol–water partition coefficient (Wildman–Crippen LogP) is 1.17. The number of nitrogens with one attached hydrogen (secondary N) is 1. The first-order valence-corrected chi connectivity index (χ1v) is 9.15. The highest BCUT2D eigenvalue weighted by Gasteiger charge is 2.20. The number of hydrogen-bond donors (Lipinski definition) is 1. The van der Waals surface area contributed by atoms with Gasteiger partial charge in [-0.15, -0.1) is 10.2 Å². The number of aromatic nitrogens is 2. The molecule has 0 bridgehead atoms. The molecule has 1 fully saturated rings. The van der Waals surface area contributed by atoms with Crippen molar-refractivity contribution in [2.24, 2.45) is 0 Å². The van der Waals surface area contributed by atoms with Gasteiger partial charge in [-0.05, 0) is 24.3 Å². The summed E-state index contributed by atoms with van der Waals surface area (Å²) in [4.78, 5) is 27.7. The molecule has 0 aliphatic carbocycles. The molecule has 28 heavy (non-hydrogen) atoms. The quantitative estimate of drug-likeness (QED) is 0.850. The number of amides is 2. The molecule has 1 saturated heterocycles. The number of piperazine rings is 1. The van der Waals surface area contributed by atoms with Crippen molar-refractivity contribution in [1.82, 2.24) is 15.1 Å². The van der Waals surface area contributed by atoms with E-state index in [1.165, 1.54) is 0 Å². The lowest BCUT2D eigenvalue weighted by atomic mass is 10.2. The van der Waals surface area contributed by atoms with Gasteiger partial charge in [0, 0.05) is 44.9 Å². The molecule has 9 heteroatoms. The van der Waals surface area contributed by atoms with Crippen LogP contribution >= 0.6 is 0 Å². The van der Waals surface area contributed by atoms with Crippen LogP contribution in [0.2, 0.25) is 0 Å². The van der Waals surface area contributed by atoms with Crippen LogP contribution in [0.4, 0.5) is 11.5 Å². The maximum absolute atomic E-state index is 12.4. The van der Waals surface area contributed by atoms with Gasteiger partial charge in [-0.25, -0.2) is 0 Å². The Morgan fingerprint density at radius 1 is 0.964 bits per heavy atom. The zero-order valence-electron chi connectivity index (χ0n) is 15.6. The topological polar surface area (TPSA) is 96.9 Å². The summed E-state index contributed by atoms with van der Waals surface area (Å²) in [5.41, 5.74) is 0.821. The van der Waals surface area contributed by atoms with Crippen molar-refractivity contribution < 1.29 is 19.1 Å². The largest absolute Gasteiger partial charge is 0.486 e. The Bertz CT molecular complexity index is 878. The molecule has 0 saturated carbocycles. The summed E-state index contributed by atoms with van der Waals surface area (Å²) in [6, 6.07) is 8.66. The van der Waals surface area contributed by atoms with Gasteiger partial charge in [-0.3, -0.25) is 9.59 Å². The zero-order chi connectivity index (χ0) is 19.5. The normalized spacial score (nSPS) is 15.9. The van der Waals surface area contributed by atoms with E-state index in [0.717, 1.165) is 0 Å². The van der Waals surface area contributed by atoms with Crippen molar-refractivity contribution in [3.05, 3.63) is 36.0 Å². The summed E-state index contributed by atoms with van der Waals surface area (Å²) >= 11 is 0.